The summed E-state index contributed by atoms with van der Waals surface area (Å²) in [5, 5.41) is 11.8. The molecule has 0 radical (unpaired) electrons. The van der Waals surface area contributed by atoms with Crippen molar-refractivity contribution >= 4 is 0 Å². The van der Waals surface area contributed by atoms with Gasteiger partial charge in [0, 0.05) is 6.04 Å². The summed E-state index contributed by atoms with van der Waals surface area (Å²) in [6, 6.07) is 8.54. The standard InChI is InChI=1S/C13H16N2O/c1-15-13-4-2-3-10-5-6-11(9-12(10)13)16-8-7-14/h5-6,9,13,15H,2-4,8H2,1H3. The van der Waals surface area contributed by atoms with Gasteiger partial charge < -0.3 is 10.1 Å². The molecule has 0 fully saturated rings. The van der Waals surface area contributed by atoms with Crippen molar-refractivity contribution in [1.29, 1.82) is 5.26 Å². The van der Waals surface area contributed by atoms with E-state index >= 15 is 0 Å². The number of ether oxygens (including phenoxy) is 1. The molecule has 2 rings (SSSR count). The van der Waals surface area contributed by atoms with Crippen molar-refractivity contribution in [1.82, 2.24) is 5.32 Å². The minimum absolute atomic E-state index is 0.114. The lowest BCUT2D eigenvalue weighted by molar-refractivity contribution is 0.366. The van der Waals surface area contributed by atoms with Crippen LogP contribution in [0.15, 0.2) is 18.2 Å². The normalized spacial score (nSPS) is 18.6. The number of nitriles is 1. The zero-order valence-electron chi connectivity index (χ0n) is 9.49. The second-order valence-corrected chi connectivity index (χ2v) is 4.04. The number of fused-ring (bicyclic) bond motifs is 1. The molecular formula is C13H16N2O. The fourth-order valence-corrected chi connectivity index (χ4v) is 2.28. The first-order valence-corrected chi connectivity index (χ1v) is 5.65. The second-order valence-electron chi connectivity index (χ2n) is 4.04. The topological polar surface area (TPSA) is 45.0 Å². The Kier molecular flexibility index (Phi) is 3.43. The Hall–Kier alpha value is -1.53. The quantitative estimate of drug-likeness (QED) is 0.842. The summed E-state index contributed by atoms with van der Waals surface area (Å²) in [7, 11) is 1.99. The van der Waals surface area contributed by atoms with Crippen LogP contribution in [0.1, 0.15) is 30.0 Å². The number of nitrogens with one attached hydrogen (secondary N) is 1. The molecule has 0 saturated heterocycles. The molecule has 1 unspecified atom stereocenters. The van der Waals surface area contributed by atoms with E-state index in [9.17, 15) is 0 Å². The van der Waals surface area contributed by atoms with Crippen molar-refractivity contribution in [2.45, 2.75) is 25.3 Å². The molecule has 0 bridgehead atoms. The first kappa shape index (κ1) is 11.0. The highest BCUT2D eigenvalue weighted by Crippen LogP contribution is 2.32. The lowest BCUT2D eigenvalue weighted by Crippen LogP contribution is -2.21. The predicted octanol–water partition coefficient (Wildman–Crippen LogP) is 2.19. The lowest BCUT2D eigenvalue weighted by atomic mass is 9.87. The third-order valence-corrected chi connectivity index (χ3v) is 3.08. The van der Waals surface area contributed by atoms with Gasteiger partial charge >= 0.3 is 0 Å². The first-order valence-electron chi connectivity index (χ1n) is 5.65. The summed E-state index contributed by atoms with van der Waals surface area (Å²) in [6.45, 7) is 0.114. The minimum atomic E-state index is 0.114. The number of nitrogens with zero attached hydrogens (tertiary/aromatic N) is 1. The molecule has 1 aromatic rings. The highest BCUT2D eigenvalue weighted by atomic mass is 16.5. The summed E-state index contributed by atoms with van der Waals surface area (Å²) in [5.74, 6) is 0.794. The summed E-state index contributed by atoms with van der Waals surface area (Å²) >= 11 is 0. The van der Waals surface area contributed by atoms with Crippen LogP contribution in [0, 0.1) is 11.3 Å². The summed E-state index contributed by atoms with van der Waals surface area (Å²) < 4.78 is 5.33. The summed E-state index contributed by atoms with van der Waals surface area (Å²) in [4.78, 5) is 0. The van der Waals surface area contributed by atoms with E-state index in [1.807, 2.05) is 19.2 Å². The van der Waals surface area contributed by atoms with Crippen molar-refractivity contribution in [3.05, 3.63) is 29.3 Å². The fourth-order valence-electron chi connectivity index (χ4n) is 2.28. The molecule has 1 N–H and O–H groups in total. The number of rotatable bonds is 3. The van der Waals surface area contributed by atoms with E-state index in [2.05, 4.69) is 17.4 Å². The van der Waals surface area contributed by atoms with Gasteiger partial charge in [0.15, 0.2) is 6.61 Å². The van der Waals surface area contributed by atoms with Gasteiger partial charge in [0.1, 0.15) is 11.8 Å². The van der Waals surface area contributed by atoms with Crippen molar-refractivity contribution in [3.63, 3.8) is 0 Å². The average Bonchev–Trinajstić information content (AvgIpc) is 2.35. The largest absolute Gasteiger partial charge is 0.479 e. The van der Waals surface area contributed by atoms with Crippen LogP contribution in [0.4, 0.5) is 0 Å². The fraction of sp³-hybridized carbons (Fsp3) is 0.462. The van der Waals surface area contributed by atoms with Gasteiger partial charge in [-0.2, -0.15) is 5.26 Å². The zero-order valence-corrected chi connectivity index (χ0v) is 9.49. The van der Waals surface area contributed by atoms with Gasteiger partial charge in [-0.1, -0.05) is 6.07 Å². The molecule has 3 nitrogen and oxygen atoms in total. The van der Waals surface area contributed by atoms with E-state index in [1.54, 1.807) is 0 Å². The molecule has 0 heterocycles. The van der Waals surface area contributed by atoms with Gasteiger partial charge in [0.2, 0.25) is 0 Å². The van der Waals surface area contributed by atoms with Crippen molar-refractivity contribution in [3.8, 4) is 11.8 Å². The van der Waals surface area contributed by atoms with Crippen LogP contribution < -0.4 is 10.1 Å². The van der Waals surface area contributed by atoms with Crippen LogP contribution in [0.5, 0.6) is 5.75 Å². The molecule has 1 atom stereocenters. The molecule has 3 heteroatoms. The molecular weight excluding hydrogens is 200 g/mol. The Labute approximate surface area is 96.0 Å². The van der Waals surface area contributed by atoms with Gasteiger partial charge in [-0.15, -0.1) is 0 Å². The molecule has 84 valence electrons. The Bertz CT molecular complexity index is 409. The minimum Gasteiger partial charge on any atom is -0.479 e. The monoisotopic (exact) mass is 216 g/mol. The third-order valence-electron chi connectivity index (χ3n) is 3.08. The Morgan fingerprint density at radius 1 is 1.56 bits per heavy atom. The SMILES string of the molecule is CNC1CCCc2ccc(OCC#N)cc21. The van der Waals surface area contributed by atoms with E-state index in [0.29, 0.717) is 6.04 Å². The van der Waals surface area contributed by atoms with Crippen LogP contribution in [0.3, 0.4) is 0 Å². The molecule has 16 heavy (non-hydrogen) atoms. The molecule has 0 aliphatic heterocycles. The lowest BCUT2D eigenvalue weighted by Gasteiger charge is -2.25. The van der Waals surface area contributed by atoms with E-state index in [0.717, 1.165) is 12.2 Å². The number of hydrogen-bond donors (Lipinski definition) is 1. The maximum absolute atomic E-state index is 8.48. The Morgan fingerprint density at radius 3 is 3.19 bits per heavy atom. The molecule has 0 aromatic heterocycles. The number of hydrogen-bond acceptors (Lipinski definition) is 3. The smallest absolute Gasteiger partial charge is 0.174 e. The maximum Gasteiger partial charge on any atom is 0.174 e. The van der Waals surface area contributed by atoms with Crippen LogP contribution in [0.2, 0.25) is 0 Å². The number of aryl methyl sites for hydroxylation is 1. The van der Waals surface area contributed by atoms with Crippen molar-refractivity contribution in [2.75, 3.05) is 13.7 Å². The van der Waals surface area contributed by atoms with Crippen LogP contribution in [-0.2, 0) is 6.42 Å². The summed E-state index contributed by atoms with van der Waals surface area (Å²) in [6.07, 6.45) is 3.55. The molecule has 0 spiro atoms. The molecule has 0 saturated carbocycles. The van der Waals surface area contributed by atoms with Gasteiger partial charge in [-0.3, -0.25) is 0 Å². The van der Waals surface area contributed by atoms with Crippen LogP contribution >= 0.6 is 0 Å². The molecule has 1 aliphatic carbocycles. The molecule has 1 aromatic carbocycles. The highest BCUT2D eigenvalue weighted by Gasteiger charge is 2.18. The second kappa shape index (κ2) is 5.00. The van der Waals surface area contributed by atoms with Gasteiger partial charge in [0.05, 0.1) is 0 Å². The molecule has 1 aliphatic rings. The van der Waals surface area contributed by atoms with Crippen molar-refractivity contribution in [2.24, 2.45) is 0 Å². The van der Waals surface area contributed by atoms with E-state index in [-0.39, 0.29) is 6.61 Å². The zero-order chi connectivity index (χ0) is 11.4. The third kappa shape index (κ3) is 2.17. The first-order chi connectivity index (χ1) is 7.85. The van der Waals surface area contributed by atoms with Crippen LogP contribution in [-0.4, -0.2) is 13.7 Å². The van der Waals surface area contributed by atoms with Gasteiger partial charge in [-0.05, 0) is 49.6 Å². The van der Waals surface area contributed by atoms with Crippen LogP contribution in [0.25, 0.3) is 0 Å². The highest BCUT2D eigenvalue weighted by molar-refractivity contribution is 5.39. The van der Waals surface area contributed by atoms with Gasteiger partial charge in [-0.25, -0.2) is 0 Å². The summed E-state index contributed by atoms with van der Waals surface area (Å²) in [5.41, 5.74) is 2.72. The average molecular weight is 216 g/mol. The van der Waals surface area contributed by atoms with Crippen molar-refractivity contribution < 1.29 is 4.74 Å². The van der Waals surface area contributed by atoms with E-state index < -0.39 is 0 Å². The van der Waals surface area contributed by atoms with Gasteiger partial charge in [0.25, 0.3) is 0 Å². The number of benzene rings is 1. The van der Waals surface area contributed by atoms with E-state index in [1.165, 1.54) is 24.0 Å². The predicted molar refractivity (Wildman–Crippen MR) is 62.3 cm³/mol. The Morgan fingerprint density at radius 2 is 2.44 bits per heavy atom. The van der Waals surface area contributed by atoms with E-state index in [4.69, 9.17) is 10.00 Å². The Balaban J connectivity index is 2.24. The maximum atomic E-state index is 8.48. The molecule has 0 amide bonds.